The van der Waals surface area contributed by atoms with E-state index in [1.807, 2.05) is 66.7 Å². The van der Waals surface area contributed by atoms with Crippen molar-refractivity contribution in [1.29, 1.82) is 0 Å². The number of rotatable bonds is 8. The molecular weight excluding hydrogens is 1010 g/mol. The molecule has 9 heteroatoms. The fourth-order valence-corrected chi connectivity index (χ4v) is 12.8. The van der Waals surface area contributed by atoms with Gasteiger partial charge in [0.1, 0.15) is 33.4 Å². The smallest absolute Gasteiger partial charge is 0.151 e. The van der Waals surface area contributed by atoms with Crippen LogP contribution in [0.4, 0.5) is 34.1 Å². The summed E-state index contributed by atoms with van der Waals surface area (Å²) in [5, 5.41) is 6.79. The average molecular weight is 1060 g/mol. The molecular formula is C72H43N5O3S. The highest BCUT2D eigenvalue weighted by atomic mass is 32.1. The fourth-order valence-electron chi connectivity index (χ4n) is 12.3. The first kappa shape index (κ1) is 45.3. The molecule has 81 heavy (non-hydrogen) atoms. The van der Waals surface area contributed by atoms with Gasteiger partial charge in [-0.3, -0.25) is 0 Å². The lowest BCUT2D eigenvalue weighted by Gasteiger charge is -2.33. The van der Waals surface area contributed by atoms with Crippen molar-refractivity contribution in [2.45, 2.75) is 0 Å². The lowest BCUT2D eigenvalue weighted by molar-refractivity contribution is 0.477. The van der Waals surface area contributed by atoms with E-state index in [2.05, 4.69) is 208 Å². The van der Waals surface area contributed by atoms with E-state index in [1.165, 1.54) is 11.7 Å². The third-order valence-electron chi connectivity index (χ3n) is 16.1. The van der Waals surface area contributed by atoms with Gasteiger partial charge in [-0.2, -0.15) is 8.75 Å². The van der Waals surface area contributed by atoms with Crippen LogP contribution >= 0.6 is 11.7 Å². The van der Waals surface area contributed by atoms with E-state index in [1.54, 1.807) is 0 Å². The molecule has 0 fully saturated rings. The second-order valence-electron chi connectivity index (χ2n) is 20.6. The van der Waals surface area contributed by atoms with Crippen LogP contribution in [-0.2, 0) is 0 Å². The van der Waals surface area contributed by atoms with E-state index in [0.717, 1.165) is 161 Å². The third kappa shape index (κ3) is 7.22. The molecule has 0 unspecified atom stereocenters. The van der Waals surface area contributed by atoms with E-state index in [0.29, 0.717) is 0 Å². The summed E-state index contributed by atoms with van der Waals surface area (Å²) >= 11 is 1.24. The number of furan rings is 2. The van der Waals surface area contributed by atoms with Crippen LogP contribution < -0.4 is 14.5 Å². The minimum Gasteiger partial charge on any atom is -0.456 e. The SMILES string of the molecule is c1ccc(N(c2ccc(N3c4ccccc4Oc4ccccc43)cc2)c2ccc(-c3ccc(-n4c5ccc(-c6ccc7c(c6)oc6ccccc67)cc5c5cc(-c6ccc7c(c6)oc6ccccc67)ccc54)cc3)c3nsnc23)cc1. The molecule has 380 valence electrons. The number of aromatic nitrogens is 3. The van der Waals surface area contributed by atoms with Crippen LogP contribution in [0.1, 0.15) is 0 Å². The van der Waals surface area contributed by atoms with Gasteiger partial charge in [-0.15, -0.1) is 0 Å². The van der Waals surface area contributed by atoms with Gasteiger partial charge in [0.2, 0.25) is 0 Å². The fraction of sp³-hybridized carbons (Fsp3) is 0. The van der Waals surface area contributed by atoms with Crippen molar-refractivity contribution in [3.05, 3.63) is 261 Å². The molecule has 0 aliphatic carbocycles. The van der Waals surface area contributed by atoms with Crippen molar-refractivity contribution in [1.82, 2.24) is 13.3 Å². The van der Waals surface area contributed by atoms with Gasteiger partial charge < -0.3 is 27.9 Å². The Kier molecular flexibility index (Phi) is 10.0. The summed E-state index contributed by atoms with van der Waals surface area (Å²) in [4.78, 5) is 4.53. The lowest BCUT2D eigenvalue weighted by atomic mass is 9.99. The van der Waals surface area contributed by atoms with Crippen LogP contribution in [0, 0.1) is 0 Å². The molecule has 0 atom stereocenters. The molecule has 0 spiro atoms. The zero-order valence-electron chi connectivity index (χ0n) is 43.2. The average Bonchev–Trinajstić information content (AvgIpc) is 4.40. The second-order valence-corrected chi connectivity index (χ2v) is 21.1. The zero-order valence-corrected chi connectivity index (χ0v) is 44.0. The molecule has 1 aliphatic heterocycles. The molecule has 0 N–H and O–H groups in total. The maximum absolute atomic E-state index is 6.38. The van der Waals surface area contributed by atoms with Crippen LogP contribution in [0.2, 0.25) is 0 Å². The van der Waals surface area contributed by atoms with Gasteiger partial charge in [0.15, 0.2) is 11.5 Å². The monoisotopic (exact) mass is 1060 g/mol. The molecule has 0 amide bonds. The molecule has 5 heterocycles. The molecule has 8 nitrogen and oxygen atoms in total. The standard InChI is InChI=1S/C72H43N5O3S/c1-2-12-49(13-3-1)75(50-30-32-52(33-31-50)77-62-16-6-10-20-67(62)80-68-21-11-7-17-63(68)77)64-39-36-53(71-72(64)74-81-73-71)44-22-28-51(29-23-44)76-60-37-26-45(47-24-34-56-54-14-4-8-18-65(54)78-69(56)42-47)40-58(60)59-41-46(27-38-61(59)76)48-25-35-57-55-15-5-9-19-66(55)79-70(57)43-48/h1-43H. The Bertz CT molecular complexity index is 4960. The van der Waals surface area contributed by atoms with Crippen LogP contribution in [-0.4, -0.2) is 13.3 Å². The first-order valence-electron chi connectivity index (χ1n) is 27.0. The second kappa shape index (κ2) is 17.9. The van der Waals surface area contributed by atoms with Crippen LogP contribution in [0.5, 0.6) is 11.5 Å². The number of para-hydroxylation sites is 7. The Labute approximate surface area is 468 Å². The zero-order chi connectivity index (χ0) is 53.1. The Morgan fingerprint density at radius 3 is 1.44 bits per heavy atom. The number of ether oxygens (including phenoxy) is 1. The number of hydrogen-bond donors (Lipinski definition) is 0. The van der Waals surface area contributed by atoms with E-state index >= 15 is 0 Å². The highest BCUT2D eigenvalue weighted by Gasteiger charge is 2.27. The molecule has 17 rings (SSSR count). The molecule has 0 saturated carbocycles. The highest BCUT2D eigenvalue weighted by molar-refractivity contribution is 7.00. The first-order valence-corrected chi connectivity index (χ1v) is 27.8. The van der Waals surface area contributed by atoms with Gasteiger partial charge in [-0.1, -0.05) is 115 Å². The normalized spacial score (nSPS) is 12.3. The molecule has 0 saturated heterocycles. The summed E-state index contributed by atoms with van der Waals surface area (Å²) in [6, 6.07) is 92.1. The van der Waals surface area contributed by atoms with Crippen LogP contribution in [0.15, 0.2) is 270 Å². The predicted octanol–water partition coefficient (Wildman–Crippen LogP) is 20.6. The summed E-state index contributed by atoms with van der Waals surface area (Å²) in [6.07, 6.45) is 0. The van der Waals surface area contributed by atoms with Gasteiger partial charge in [0.05, 0.1) is 39.8 Å². The largest absolute Gasteiger partial charge is 0.456 e. The number of hydrogen-bond acceptors (Lipinski definition) is 8. The molecule has 1 aliphatic rings. The van der Waals surface area contributed by atoms with Crippen LogP contribution in [0.3, 0.4) is 0 Å². The van der Waals surface area contributed by atoms with E-state index in [4.69, 9.17) is 22.3 Å². The lowest BCUT2D eigenvalue weighted by Crippen LogP contribution is -2.16. The minimum atomic E-state index is 0.818. The Hall–Kier alpha value is -10.7. The van der Waals surface area contributed by atoms with Crippen molar-refractivity contribution >= 4 is 123 Å². The van der Waals surface area contributed by atoms with E-state index in [-0.39, 0.29) is 0 Å². The summed E-state index contributed by atoms with van der Waals surface area (Å²) in [6.45, 7) is 0. The van der Waals surface area contributed by atoms with Crippen molar-refractivity contribution in [3.8, 4) is 50.6 Å². The van der Waals surface area contributed by atoms with Crippen molar-refractivity contribution in [2.24, 2.45) is 0 Å². The predicted molar refractivity (Wildman–Crippen MR) is 332 cm³/mol. The Morgan fingerprint density at radius 2 is 0.827 bits per heavy atom. The first-order chi connectivity index (χ1) is 40.1. The van der Waals surface area contributed by atoms with Crippen molar-refractivity contribution < 1.29 is 13.6 Å². The van der Waals surface area contributed by atoms with Gasteiger partial charge in [0, 0.05) is 60.6 Å². The summed E-state index contributed by atoms with van der Waals surface area (Å²) in [7, 11) is 0. The molecule has 12 aromatic carbocycles. The molecule has 0 radical (unpaired) electrons. The van der Waals surface area contributed by atoms with E-state index in [9.17, 15) is 0 Å². The summed E-state index contributed by atoms with van der Waals surface area (Å²) < 4.78 is 31.5. The van der Waals surface area contributed by atoms with Gasteiger partial charge >= 0.3 is 0 Å². The maximum atomic E-state index is 6.38. The topological polar surface area (TPSA) is 72.7 Å². The van der Waals surface area contributed by atoms with Gasteiger partial charge in [-0.25, -0.2) is 0 Å². The molecule has 16 aromatic rings. The number of nitrogens with zero attached hydrogens (tertiary/aromatic N) is 5. The molecule has 0 bridgehead atoms. The number of anilines is 6. The quantitative estimate of drug-likeness (QED) is 0.150. The van der Waals surface area contributed by atoms with Crippen LogP contribution in [0.25, 0.3) is 116 Å². The Balaban J connectivity index is 0.753. The van der Waals surface area contributed by atoms with Crippen molar-refractivity contribution in [3.63, 3.8) is 0 Å². The Morgan fingerprint density at radius 1 is 0.346 bits per heavy atom. The van der Waals surface area contributed by atoms with Gasteiger partial charge in [0.25, 0.3) is 0 Å². The third-order valence-corrected chi connectivity index (χ3v) is 16.6. The number of benzene rings is 12. The van der Waals surface area contributed by atoms with E-state index < -0.39 is 0 Å². The maximum Gasteiger partial charge on any atom is 0.151 e. The molecule has 4 aromatic heterocycles. The van der Waals surface area contributed by atoms with Gasteiger partial charge in [-0.05, 0) is 173 Å². The minimum absolute atomic E-state index is 0.818. The summed E-state index contributed by atoms with van der Waals surface area (Å²) in [5.74, 6) is 1.64. The highest BCUT2D eigenvalue weighted by Crippen LogP contribution is 2.51. The van der Waals surface area contributed by atoms with Crippen molar-refractivity contribution in [2.75, 3.05) is 9.80 Å². The number of fused-ring (bicyclic) bond motifs is 12. The summed E-state index contributed by atoms with van der Waals surface area (Å²) in [5.41, 5.74) is 21.0.